The van der Waals surface area contributed by atoms with Crippen molar-refractivity contribution in [1.29, 1.82) is 0 Å². The number of benzene rings is 1. The maximum atomic E-state index is 12.9. The van der Waals surface area contributed by atoms with Crippen molar-refractivity contribution in [3.05, 3.63) is 29.3 Å². The van der Waals surface area contributed by atoms with Gasteiger partial charge in [0.25, 0.3) is 0 Å². The Morgan fingerprint density at radius 1 is 1.07 bits per heavy atom. The van der Waals surface area contributed by atoms with E-state index in [2.05, 4.69) is 5.32 Å². The minimum Gasteiger partial charge on any atom is -0.353 e. The van der Waals surface area contributed by atoms with Crippen molar-refractivity contribution in [3.8, 4) is 0 Å². The normalized spacial score (nSPS) is 21.1. The predicted octanol–water partition coefficient (Wildman–Crippen LogP) is 0.347. The van der Waals surface area contributed by atoms with E-state index >= 15 is 0 Å². The Morgan fingerprint density at radius 3 is 2.34 bits per heavy atom. The molecule has 160 valence electrons. The van der Waals surface area contributed by atoms with Crippen molar-refractivity contribution in [2.24, 2.45) is 0 Å². The van der Waals surface area contributed by atoms with E-state index in [1.54, 1.807) is 17.0 Å². The van der Waals surface area contributed by atoms with Gasteiger partial charge in [-0.2, -0.15) is 4.31 Å². The van der Waals surface area contributed by atoms with Gasteiger partial charge in [-0.05, 0) is 51.0 Å². The summed E-state index contributed by atoms with van der Waals surface area (Å²) in [7, 11) is -3.57. The predicted molar refractivity (Wildman–Crippen MR) is 110 cm³/mol. The maximum absolute atomic E-state index is 12.9. The largest absolute Gasteiger partial charge is 0.353 e. The Balaban J connectivity index is 1.62. The Kier molecular flexibility index (Phi) is 6.03. The molecule has 0 spiro atoms. The van der Waals surface area contributed by atoms with E-state index in [0.29, 0.717) is 31.1 Å². The van der Waals surface area contributed by atoms with Crippen LogP contribution in [0.2, 0.25) is 0 Å². The molecule has 2 heterocycles. The number of hydrogen-bond acceptors (Lipinski definition) is 5. The zero-order chi connectivity index (χ0) is 21.4. The number of carbonyl (C=O) groups excluding carboxylic acids is 2. The van der Waals surface area contributed by atoms with Crippen molar-refractivity contribution in [2.75, 3.05) is 45.8 Å². The van der Waals surface area contributed by atoms with Crippen LogP contribution in [0.5, 0.6) is 0 Å². The highest BCUT2D eigenvalue weighted by Crippen LogP contribution is 2.21. The molecule has 0 bridgehead atoms. The molecule has 1 aromatic carbocycles. The highest BCUT2D eigenvalue weighted by atomic mass is 32.2. The summed E-state index contributed by atoms with van der Waals surface area (Å²) in [5, 5.41) is 2.82. The average Bonchev–Trinajstić information content (AvgIpc) is 2.68. The molecule has 0 saturated carbocycles. The number of aryl methyl sites for hydroxylation is 2. The Hall–Kier alpha value is -1.97. The second-order valence-corrected chi connectivity index (χ2v) is 10.2. The first kappa shape index (κ1) is 21.7. The van der Waals surface area contributed by atoms with Crippen LogP contribution in [0.25, 0.3) is 0 Å². The zero-order valence-corrected chi connectivity index (χ0v) is 18.4. The van der Waals surface area contributed by atoms with Gasteiger partial charge < -0.3 is 10.2 Å². The molecular weight excluding hydrogens is 392 g/mol. The van der Waals surface area contributed by atoms with Gasteiger partial charge in [0.15, 0.2) is 0 Å². The van der Waals surface area contributed by atoms with E-state index in [0.717, 1.165) is 11.1 Å². The molecule has 2 aliphatic rings. The number of piperazine rings is 2. The van der Waals surface area contributed by atoms with Gasteiger partial charge in [-0.1, -0.05) is 6.07 Å². The van der Waals surface area contributed by atoms with E-state index in [1.165, 1.54) is 4.31 Å². The third-order valence-corrected chi connectivity index (χ3v) is 7.94. The van der Waals surface area contributed by atoms with Gasteiger partial charge in [0.05, 0.1) is 17.0 Å². The molecule has 9 heteroatoms. The highest BCUT2D eigenvalue weighted by molar-refractivity contribution is 7.89. The maximum Gasteiger partial charge on any atom is 0.243 e. The van der Waals surface area contributed by atoms with Crippen LogP contribution in [-0.4, -0.2) is 85.7 Å². The van der Waals surface area contributed by atoms with Crippen LogP contribution >= 0.6 is 0 Å². The summed E-state index contributed by atoms with van der Waals surface area (Å²) in [4.78, 5) is 28.7. The summed E-state index contributed by atoms with van der Waals surface area (Å²) in [6.07, 6.45) is 0. The van der Waals surface area contributed by atoms with Crippen LogP contribution in [0, 0.1) is 13.8 Å². The second kappa shape index (κ2) is 8.04. The number of carbonyl (C=O) groups is 2. The number of nitrogens with one attached hydrogen (secondary N) is 1. The van der Waals surface area contributed by atoms with Crippen molar-refractivity contribution in [2.45, 2.75) is 38.1 Å². The minimum absolute atomic E-state index is 0.0731. The number of hydrogen-bond donors (Lipinski definition) is 1. The monoisotopic (exact) mass is 422 g/mol. The smallest absolute Gasteiger partial charge is 0.243 e. The molecule has 0 aliphatic carbocycles. The van der Waals surface area contributed by atoms with Crippen LogP contribution in [0.15, 0.2) is 23.1 Å². The topological polar surface area (TPSA) is 90.0 Å². The lowest BCUT2D eigenvalue weighted by atomic mass is 9.99. The highest BCUT2D eigenvalue weighted by Gasteiger charge is 2.39. The number of amides is 2. The van der Waals surface area contributed by atoms with Gasteiger partial charge in [0.2, 0.25) is 21.8 Å². The lowest BCUT2D eigenvalue weighted by Gasteiger charge is -2.42. The molecule has 2 aliphatic heterocycles. The third kappa shape index (κ3) is 4.31. The first-order valence-corrected chi connectivity index (χ1v) is 11.4. The molecule has 29 heavy (non-hydrogen) atoms. The third-order valence-electron chi connectivity index (χ3n) is 6.05. The molecule has 1 N–H and O–H groups in total. The molecule has 8 nitrogen and oxygen atoms in total. The Labute approximate surface area is 172 Å². The Morgan fingerprint density at radius 2 is 1.72 bits per heavy atom. The molecule has 0 unspecified atom stereocenters. The minimum atomic E-state index is -3.57. The van der Waals surface area contributed by atoms with Crippen molar-refractivity contribution < 1.29 is 18.0 Å². The van der Waals surface area contributed by atoms with E-state index in [-0.39, 0.29) is 31.4 Å². The molecule has 3 rings (SSSR count). The standard InChI is InChI=1S/C20H30N4O4S/c1-15-5-6-17(13-16(15)2)29(27,28)24-11-9-22(10-12-24)18(25)14-23-8-7-21-19(26)20(23,3)4/h5-6,13H,7-12,14H2,1-4H3,(H,21,26). The van der Waals surface area contributed by atoms with Crippen LogP contribution in [0.1, 0.15) is 25.0 Å². The summed E-state index contributed by atoms with van der Waals surface area (Å²) in [5.74, 6) is -0.156. The van der Waals surface area contributed by atoms with Crippen LogP contribution in [0.4, 0.5) is 0 Å². The Bertz CT molecular complexity index is 905. The van der Waals surface area contributed by atoms with Gasteiger partial charge in [0, 0.05) is 39.3 Å². The van der Waals surface area contributed by atoms with Crippen molar-refractivity contribution in [1.82, 2.24) is 19.4 Å². The van der Waals surface area contributed by atoms with E-state index < -0.39 is 15.6 Å². The summed E-state index contributed by atoms with van der Waals surface area (Å²) < 4.78 is 27.3. The molecular formula is C20H30N4O4S. The average molecular weight is 423 g/mol. The molecule has 0 atom stereocenters. The number of sulfonamides is 1. The summed E-state index contributed by atoms with van der Waals surface area (Å²) in [5.41, 5.74) is 1.25. The summed E-state index contributed by atoms with van der Waals surface area (Å²) in [6, 6.07) is 5.16. The molecule has 2 fully saturated rings. The van der Waals surface area contributed by atoms with Crippen molar-refractivity contribution >= 4 is 21.8 Å². The SMILES string of the molecule is Cc1ccc(S(=O)(=O)N2CCN(C(=O)CN3CCNC(=O)C3(C)C)CC2)cc1C. The van der Waals surface area contributed by atoms with Crippen LogP contribution in [0.3, 0.4) is 0 Å². The van der Waals surface area contributed by atoms with Gasteiger partial charge in [-0.3, -0.25) is 14.5 Å². The van der Waals surface area contributed by atoms with E-state index in [9.17, 15) is 18.0 Å². The summed E-state index contributed by atoms with van der Waals surface area (Å²) >= 11 is 0. The van der Waals surface area contributed by atoms with Gasteiger partial charge >= 0.3 is 0 Å². The number of nitrogens with zero attached hydrogens (tertiary/aromatic N) is 3. The molecule has 1 aromatic rings. The van der Waals surface area contributed by atoms with Gasteiger partial charge in [-0.25, -0.2) is 8.42 Å². The summed E-state index contributed by atoms with van der Waals surface area (Å²) in [6.45, 7) is 10.00. The van der Waals surface area contributed by atoms with Gasteiger partial charge in [-0.15, -0.1) is 0 Å². The van der Waals surface area contributed by atoms with Crippen molar-refractivity contribution in [3.63, 3.8) is 0 Å². The molecule has 2 saturated heterocycles. The van der Waals surface area contributed by atoms with Crippen LogP contribution in [-0.2, 0) is 19.6 Å². The van der Waals surface area contributed by atoms with E-state index in [4.69, 9.17) is 0 Å². The molecule has 0 radical (unpaired) electrons. The fourth-order valence-corrected chi connectivity index (χ4v) is 5.19. The first-order chi connectivity index (χ1) is 13.5. The zero-order valence-electron chi connectivity index (χ0n) is 17.6. The lowest BCUT2D eigenvalue weighted by molar-refractivity contribution is -0.141. The molecule has 2 amide bonds. The fraction of sp³-hybridized carbons (Fsp3) is 0.600. The quantitative estimate of drug-likeness (QED) is 0.756. The number of rotatable bonds is 4. The molecule has 0 aromatic heterocycles. The fourth-order valence-electron chi connectivity index (χ4n) is 3.69. The second-order valence-electron chi connectivity index (χ2n) is 8.27. The first-order valence-electron chi connectivity index (χ1n) is 9.92. The van der Waals surface area contributed by atoms with Crippen LogP contribution < -0.4 is 5.32 Å². The van der Waals surface area contributed by atoms with E-state index in [1.807, 2.05) is 38.7 Å². The lowest BCUT2D eigenvalue weighted by Crippen LogP contribution is -2.64. The van der Waals surface area contributed by atoms with Gasteiger partial charge in [0.1, 0.15) is 0 Å².